The van der Waals surface area contributed by atoms with E-state index in [0.717, 1.165) is 17.8 Å². The van der Waals surface area contributed by atoms with Gasteiger partial charge in [0.1, 0.15) is 0 Å². The van der Waals surface area contributed by atoms with Crippen LogP contribution >= 0.6 is 0 Å². The fraction of sp³-hybridized carbons (Fsp3) is 0.200. The summed E-state index contributed by atoms with van der Waals surface area (Å²) < 4.78 is 10.9. The molecular formula is C10H8O2. The molecule has 0 saturated carbocycles. The number of rotatable bonds is 1. The number of hydrogen-bond donors (Lipinski definition) is 0. The van der Waals surface area contributed by atoms with Crippen LogP contribution < -0.4 is 4.74 Å². The van der Waals surface area contributed by atoms with Crippen LogP contribution in [0.1, 0.15) is 12.5 Å². The van der Waals surface area contributed by atoms with Crippen molar-refractivity contribution in [2.75, 3.05) is 0 Å². The van der Waals surface area contributed by atoms with Gasteiger partial charge in [-0.2, -0.15) is 0 Å². The zero-order valence-electron chi connectivity index (χ0n) is 6.76. The number of benzene rings is 1. The van der Waals surface area contributed by atoms with E-state index in [1.807, 2.05) is 12.1 Å². The smallest absolute Gasteiger partial charge is 0.294 e. The number of ether oxygens (including phenoxy) is 1. The molecule has 2 nitrogen and oxygen atoms in total. The van der Waals surface area contributed by atoms with Crippen LogP contribution in [0.2, 0.25) is 0 Å². The first-order valence-electron chi connectivity index (χ1n) is 4.12. The van der Waals surface area contributed by atoms with Crippen LogP contribution in [0.25, 0.3) is 11.0 Å². The molecule has 1 aromatic carbocycles. The van der Waals surface area contributed by atoms with Gasteiger partial charge in [-0.05, 0) is 12.5 Å². The molecule has 2 bridgehead atoms. The number of aryl methyl sites for hydroxylation is 1. The Kier molecular flexibility index (Phi) is 0.933. The fourth-order valence-electron chi connectivity index (χ4n) is 1.72. The van der Waals surface area contributed by atoms with Crippen LogP contribution in [0.15, 0.2) is 22.6 Å². The van der Waals surface area contributed by atoms with Gasteiger partial charge in [-0.3, -0.25) is 0 Å². The van der Waals surface area contributed by atoms with Gasteiger partial charge in [-0.15, -0.1) is 0 Å². The molecule has 0 atom stereocenters. The van der Waals surface area contributed by atoms with Gasteiger partial charge in [0.05, 0.1) is 0 Å². The van der Waals surface area contributed by atoms with Gasteiger partial charge in [-0.1, -0.05) is 19.1 Å². The molecule has 0 N–H and O–H groups in total. The quantitative estimate of drug-likeness (QED) is 0.545. The maximum absolute atomic E-state index is 5.46. The van der Waals surface area contributed by atoms with E-state index < -0.39 is 0 Å². The molecule has 0 amide bonds. The van der Waals surface area contributed by atoms with Crippen LogP contribution in [0, 0.1) is 0 Å². The molecule has 0 aliphatic carbocycles. The Hall–Kier alpha value is -1.44. The van der Waals surface area contributed by atoms with Crippen molar-refractivity contribution in [3.63, 3.8) is 0 Å². The molecule has 2 heteroatoms. The summed E-state index contributed by atoms with van der Waals surface area (Å²) in [5, 5.41) is 1.20. The van der Waals surface area contributed by atoms with Gasteiger partial charge < -0.3 is 9.15 Å². The Morgan fingerprint density at radius 1 is 1.33 bits per heavy atom. The lowest BCUT2D eigenvalue weighted by atomic mass is 10.1. The van der Waals surface area contributed by atoms with Gasteiger partial charge >= 0.3 is 0 Å². The van der Waals surface area contributed by atoms with E-state index in [9.17, 15) is 0 Å². The molecule has 0 saturated heterocycles. The SMILES string of the molecule is CCc1c2oc3c(cccc13)O2. The molecule has 2 aromatic rings. The van der Waals surface area contributed by atoms with Crippen molar-refractivity contribution in [3.8, 4) is 11.7 Å². The summed E-state index contributed by atoms with van der Waals surface area (Å²) in [4.78, 5) is 0. The monoisotopic (exact) mass is 160 g/mol. The average molecular weight is 160 g/mol. The molecule has 12 heavy (non-hydrogen) atoms. The first-order chi connectivity index (χ1) is 5.90. The first kappa shape index (κ1) is 6.12. The van der Waals surface area contributed by atoms with Crippen LogP contribution in [-0.4, -0.2) is 0 Å². The molecule has 0 fully saturated rings. The van der Waals surface area contributed by atoms with Gasteiger partial charge in [-0.25, -0.2) is 0 Å². The maximum atomic E-state index is 5.46. The summed E-state index contributed by atoms with van der Waals surface area (Å²) in [5.41, 5.74) is 2.10. The van der Waals surface area contributed by atoms with Crippen LogP contribution in [0.4, 0.5) is 0 Å². The first-order valence-corrected chi connectivity index (χ1v) is 4.12. The van der Waals surface area contributed by atoms with Gasteiger partial charge in [0.2, 0.25) is 0 Å². The summed E-state index contributed by atoms with van der Waals surface area (Å²) in [6, 6.07) is 6.00. The van der Waals surface area contributed by atoms with Gasteiger partial charge in [0.15, 0.2) is 11.3 Å². The molecule has 3 rings (SSSR count). The predicted octanol–water partition coefficient (Wildman–Crippen LogP) is 3.10. The Balaban J connectivity index is 2.51. The van der Waals surface area contributed by atoms with Crippen LogP contribution in [0.3, 0.4) is 0 Å². The van der Waals surface area contributed by atoms with Crippen molar-refractivity contribution >= 4 is 11.0 Å². The molecular weight excluding hydrogens is 152 g/mol. The largest absolute Gasteiger partial charge is 0.422 e. The highest BCUT2D eigenvalue weighted by Crippen LogP contribution is 2.45. The van der Waals surface area contributed by atoms with E-state index in [1.54, 1.807) is 0 Å². The standard InChI is InChI=1S/C10H8O2/c1-2-6-7-4-3-5-8-9(7)12-10(6)11-8/h3-5H,2H2,1H3. The Morgan fingerprint density at radius 3 is 3.08 bits per heavy atom. The van der Waals surface area contributed by atoms with Crippen molar-refractivity contribution in [2.45, 2.75) is 13.3 Å². The second-order valence-electron chi connectivity index (χ2n) is 2.96. The van der Waals surface area contributed by atoms with Crippen molar-refractivity contribution in [3.05, 3.63) is 23.8 Å². The minimum atomic E-state index is 0.693. The maximum Gasteiger partial charge on any atom is 0.294 e. The molecule has 1 aliphatic heterocycles. The van der Waals surface area contributed by atoms with Crippen LogP contribution in [0.5, 0.6) is 11.7 Å². The highest BCUT2D eigenvalue weighted by Gasteiger charge is 2.24. The normalized spacial score (nSPS) is 12.8. The predicted molar refractivity (Wildman–Crippen MR) is 45.7 cm³/mol. The summed E-state index contributed by atoms with van der Waals surface area (Å²) >= 11 is 0. The molecule has 1 aromatic heterocycles. The third kappa shape index (κ3) is 0.524. The summed E-state index contributed by atoms with van der Waals surface area (Å²) in [5.74, 6) is 1.55. The summed E-state index contributed by atoms with van der Waals surface area (Å²) in [7, 11) is 0. The van der Waals surface area contributed by atoms with E-state index in [4.69, 9.17) is 9.15 Å². The Bertz CT molecular complexity index is 454. The van der Waals surface area contributed by atoms with Crippen molar-refractivity contribution in [1.29, 1.82) is 0 Å². The van der Waals surface area contributed by atoms with E-state index in [2.05, 4.69) is 13.0 Å². The third-order valence-electron chi connectivity index (χ3n) is 2.30. The van der Waals surface area contributed by atoms with E-state index in [-0.39, 0.29) is 0 Å². The third-order valence-corrected chi connectivity index (χ3v) is 2.30. The number of fused-ring (bicyclic) bond motifs is 1. The minimum absolute atomic E-state index is 0.693. The van der Waals surface area contributed by atoms with Gasteiger partial charge in [0.25, 0.3) is 5.95 Å². The average Bonchev–Trinajstić information content (AvgIpc) is 2.60. The lowest BCUT2D eigenvalue weighted by Crippen LogP contribution is -1.88. The van der Waals surface area contributed by atoms with Crippen molar-refractivity contribution in [1.82, 2.24) is 0 Å². The lowest BCUT2D eigenvalue weighted by molar-refractivity contribution is 0.401. The van der Waals surface area contributed by atoms with Crippen molar-refractivity contribution in [2.24, 2.45) is 0 Å². The van der Waals surface area contributed by atoms with E-state index in [0.29, 0.717) is 5.95 Å². The number of furan rings is 1. The van der Waals surface area contributed by atoms with E-state index >= 15 is 0 Å². The van der Waals surface area contributed by atoms with Crippen molar-refractivity contribution < 1.29 is 9.15 Å². The van der Waals surface area contributed by atoms with E-state index in [1.165, 1.54) is 10.9 Å². The summed E-state index contributed by atoms with van der Waals surface area (Å²) in [6.45, 7) is 2.11. The second-order valence-corrected chi connectivity index (χ2v) is 2.96. The zero-order valence-corrected chi connectivity index (χ0v) is 6.76. The zero-order chi connectivity index (χ0) is 8.13. The topological polar surface area (TPSA) is 22.4 Å². The molecule has 2 heterocycles. The lowest BCUT2D eigenvalue weighted by Gasteiger charge is -2.04. The number of hydrogen-bond acceptors (Lipinski definition) is 2. The summed E-state index contributed by atoms with van der Waals surface area (Å²) in [6.07, 6.45) is 0.964. The highest BCUT2D eigenvalue weighted by atomic mass is 16.6. The molecule has 0 radical (unpaired) electrons. The molecule has 0 spiro atoms. The molecule has 60 valence electrons. The fourth-order valence-corrected chi connectivity index (χ4v) is 1.72. The Morgan fingerprint density at radius 2 is 2.25 bits per heavy atom. The number of para-hydroxylation sites is 1. The second kappa shape index (κ2) is 1.83. The minimum Gasteiger partial charge on any atom is -0.422 e. The van der Waals surface area contributed by atoms with Gasteiger partial charge in [0, 0.05) is 10.9 Å². The van der Waals surface area contributed by atoms with Crippen LogP contribution in [-0.2, 0) is 6.42 Å². The molecule has 0 unspecified atom stereocenters. The Labute approximate surface area is 69.7 Å². The highest BCUT2D eigenvalue weighted by molar-refractivity contribution is 5.90. The molecule has 1 aliphatic rings.